The van der Waals surface area contributed by atoms with Crippen molar-refractivity contribution in [2.45, 2.75) is 43.6 Å². The summed E-state index contributed by atoms with van der Waals surface area (Å²) in [5.41, 5.74) is 2.35. The molecule has 1 aromatic rings. The smallest absolute Gasteiger partial charge is 0.180 e. The Labute approximate surface area is 186 Å². The van der Waals surface area contributed by atoms with Gasteiger partial charge in [0, 0.05) is 38.0 Å². The Bertz CT molecular complexity index is 752. The van der Waals surface area contributed by atoms with Gasteiger partial charge in [0.1, 0.15) is 0 Å². The van der Waals surface area contributed by atoms with Crippen LogP contribution in [0, 0.1) is 0 Å². The Morgan fingerprint density at radius 3 is 2.86 bits per heavy atom. The quantitative estimate of drug-likeness (QED) is 0.330. The van der Waals surface area contributed by atoms with Gasteiger partial charge in [0.2, 0.25) is 0 Å². The van der Waals surface area contributed by atoms with Gasteiger partial charge in [0.25, 0.3) is 0 Å². The molecule has 0 amide bonds. The van der Waals surface area contributed by atoms with Crippen molar-refractivity contribution in [2.24, 2.45) is 4.99 Å². The SMILES string of the molecule is CN1CN(CCCOC2CCCCO2)C=C2C1=NC(Br)N2Cc1ccc(Cl)cc1. The van der Waals surface area contributed by atoms with Gasteiger partial charge in [-0.25, -0.2) is 4.99 Å². The van der Waals surface area contributed by atoms with E-state index in [1.54, 1.807) is 0 Å². The molecule has 3 aliphatic heterocycles. The van der Waals surface area contributed by atoms with Crippen LogP contribution in [-0.4, -0.2) is 65.4 Å². The molecule has 0 radical (unpaired) electrons. The fraction of sp³-hybridized carbons (Fsp3) is 0.571. The molecule has 1 saturated heterocycles. The Morgan fingerprint density at radius 1 is 1.28 bits per heavy atom. The number of nitrogens with zero attached hydrogens (tertiary/aromatic N) is 4. The molecule has 4 rings (SSSR count). The second-order valence-corrected chi connectivity index (χ2v) is 8.96. The summed E-state index contributed by atoms with van der Waals surface area (Å²) in [6.07, 6.45) is 6.56. The van der Waals surface area contributed by atoms with Gasteiger partial charge >= 0.3 is 0 Å². The predicted octanol–water partition coefficient (Wildman–Crippen LogP) is 4.21. The third-order valence-corrected chi connectivity index (χ3v) is 6.33. The van der Waals surface area contributed by atoms with Crippen molar-refractivity contribution in [1.29, 1.82) is 0 Å². The van der Waals surface area contributed by atoms with Crippen molar-refractivity contribution >= 4 is 33.4 Å². The highest BCUT2D eigenvalue weighted by Crippen LogP contribution is 2.31. The van der Waals surface area contributed by atoms with Crippen LogP contribution < -0.4 is 0 Å². The van der Waals surface area contributed by atoms with Crippen LogP contribution in [0.5, 0.6) is 0 Å². The third kappa shape index (κ3) is 5.26. The lowest BCUT2D eigenvalue weighted by Gasteiger charge is -2.36. The summed E-state index contributed by atoms with van der Waals surface area (Å²) in [5.74, 6) is 1.03. The Morgan fingerprint density at radius 2 is 2.10 bits per heavy atom. The maximum Gasteiger partial charge on any atom is 0.180 e. The first-order valence-corrected chi connectivity index (χ1v) is 11.5. The van der Waals surface area contributed by atoms with Gasteiger partial charge in [0.05, 0.1) is 19.0 Å². The molecule has 3 heterocycles. The lowest BCUT2D eigenvalue weighted by atomic mass is 10.2. The molecular formula is C21H28BrClN4O2. The zero-order valence-electron chi connectivity index (χ0n) is 16.8. The number of benzene rings is 1. The van der Waals surface area contributed by atoms with E-state index in [-0.39, 0.29) is 11.4 Å². The summed E-state index contributed by atoms with van der Waals surface area (Å²) in [6, 6.07) is 7.99. The van der Waals surface area contributed by atoms with E-state index < -0.39 is 0 Å². The van der Waals surface area contributed by atoms with Crippen molar-refractivity contribution in [3.63, 3.8) is 0 Å². The lowest BCUT2D eigenvalue weighted by Crippen LogP contribution is -2.44. The van der Waals surface area contributed by atoms with Gasteiger partial charge < -0.3 is 24.2 Å². The Balaban J connectivity index is 1.35. The minimum atomic E-state index is -0.0615. The van der Waals surface area contributed by atoms with E-state index in [2.05, 4.69) is 56.0 Å². The molecule has 0 aromatic heterocycles. The van der Waals surface area contributed by atoms with Crippen molar-refractivity contribution < 1.29 is 9.47 Å². The predicted molar refractivity (Wildman–Crippen MR) is 119 cm³/mol. The fourth-order valence-electron chi connectivity index (χ4n) is 3.87. The molecule has 2 atom stereocenters. The maximum absolute atomic E-state index is 6.03. The number of likely N-dealkylation sites (N-methyl/N-ethyl adjacent to an activating group) is 1. The van der Waals surface area contributed by atoms with Gasteiger partial charge in [-0.3, -0.25) is 0 Å². The van der Waals surface area contributed by atoms with Crippen molar-refractivity contribution in [1.82, 2.24) is 14.7 Å². The number of halogens is 2. The summed E-state index contributed by atoms with van der Waals surface area (Å²) in [6.45, 7) is 4.10. The molecule has 3 aliphatic rings. The molecule has 29 heavy (non-hydrogen) atoms. The number of hydrogen-bond donors (Lipinski definition) is 0. The van der Waals surface area contributed by atoms with Crippen LogP contribution in [0.3, 0.4) is 0 Å². The number of aliphatic imine (C=N–C) groups is 1. The molecule has 0 bridgehead atoms. The number of rotatable bonds is 7. The summed E-state index contributed by atoms with van der Waals surface area (Å²) in [7, 11) is 2.09. The summed E-state index contributed by atoms with van der Waals surface area (Å²) in [5, 5.41) is 0.694. The first kappa shape index (κ1) is 21.0. The maximum atomic E-state index is 6.03. The van der Waals surface area contributed by atoms with Crippen LogP contribution in [0.2, 0.25) is 5.02 Å². The van der Waals surface area contributed by atoms with Crippen LogP contribution in [0.15, 0.2) is 41.2 Å². The Hall–Kier alpha value is -1.28. The normalized spacial score (nSPS) is 24.4. The van der Waals surface area contributed by atoms with Crippen molar-refractivity contribution in [2.75, 3.05) is 33.5 Å². The number of fused-ring (bicyclic) bond motifs is 1. The zero-order chi connectivity index (χ0) is 20.2. The van der Waals surface area contributed by atoms with E-state index >= 15 is 0 Å². The highest BCUT2D eigenvalue weighted by molar-refractivity contribution is 9.09. The zero-order valence-corrected chi connectivity index (χ0v) is 19.1. The second-order valence-electron chi connectivity index (χ2n) is 7.70. The minimum Gasteiger partial charge on any atom is -0.358 e. The van der Waals surface area contributed by atoms with Crippen molar-refractivity contribution in [3.8, 4) is 0 Å². The molecular weight excluding hydrogens is 456 g/mol. The molecule has 6 nitrogen and oxygen atoms in total. The van der Waals surface area contributed by atoms with Gasteiger partial charge in [0.15, 0.2) is 17.2 Å². The largest absolute Gasteiger partial charge is 0.358 e. The third-order valence-electron chi connectivity index (χ3n) is 5.38. The van der Waals surface area contributed by atoms with Gasteiger partial charge in [-0.1, -0.05) is 23.7 Å². The molecule has 1 aromatic carbocycles. The van der Waals surface area contributed by atoms with E-state index in [0.29, 0.717) is 0 Å². The first-order valence-electron chi connectivity index (χ1n) is 10.2. The number of amidine groups is 1. The van der Waals surface area contributed by atoms with E-state index in [1.165, 1.54) is 12.0 Å². The standard InChI is InChI=1S/C21H28BrClN4O2/c1-25-15-26(10-4-12-29-19-5-2-3-11-28-19)14-18-20(25)24-21(22)27(18)13-16-6-8-17(23)9-7-16/h6-9,14,19,21H,2-5,10-13,15H2,1H3. The summed E-state index contributed by atoms with van der Waals surface area (Å²) in [4.78, 5) is 11.6. The minimum absolute atomic E-state index is 0.0104. The lowest BCUT2D eigenvalue weighted by molar-refractivity contribution is -0.163. The summed E-state index contributed by atoms with van der Waals surface area (Å²) < 4.78 is 11.5. The van der Waals surface area contributed by atoms with Gasteiger partial charge in [-0.2, -0.15) is 0 Å². The molecule has 2 unspecified atom stereocenters. The number of hydrogen-bond acceptors (Lipinski definition) is 6. The second kappa shape index (κ2) is 9.69. The Kier molecular flexibility index (Phi) is 7.00. The fourth-order valence-corrected chi connectivity index (χ4v) is 4.55. The number of ether oxygens (including phenoxy) is 2. The van der Waals surface area contributed by atoms with E-state index in [0.717, 1.165) is 68.8 Å². The highest BCUT2D eigenvalue weighted by atomic mass is 79.9. The van der Waals surface area contributed by atoms with Crippen LogP contribution in [0.4, 0.5) is 0 Å². The molecule has 158 valence electrons. The highest BCUT2D eigenvalue weighted by Gasteiger charge is 2.34. The van der Waals surface area contributed by atoms with E-state index in [9.17, 15) is 0 Å². The average molecular weight is 484 g/mol. The van der Waals surface area contributed by atoms with Crippen LogP contribution in [0.1, 0.15) is 31.2 Å². The topological polar surface area (TPSA) is 40.5 Å². The molecule has 0 aliphatic carbocycles. The molecule has 8 heteroatoms. The van der Waals surface area contributed by atoms with Crippen LogP contribution in [-0.2, 0) is 16.0 Å². The van der Waals surface area contributed by atoms with Gasteiger partial charge in [-0.05, 0) is 59.3 Å². The van der Waals surface area contributed by atoms with E-state index in [1.807, 2.05) is 12.1 Å². The monoisotopic (exact) mass is 482 g/mol. The van der Waals surface area contributed by atoms with Crippen molar-refractivity contribution in [3.05, 3.63) is 46.7 Å². The molecule has 1 fully saturated rings. The molecule has 0 N–H and O–H groups in total. The van der Waals surface area contributed by atoms with Crippen LogP contribution in [0.25, 0.3) is 0 Å². The summed E-state index contributed by atoms with van der Waals surface area (Å²) >= 11 is 9.74. The molecule has 0 saturated carbocycles. The van der Waals surface area contributed by atoms with Gasteiger partial charge in [-0.15, -0.1) is 0 Å². The average Bonchev–Trinajstić information content (AvgIpc) is 3.04. The van der Waals surface area contributed by atoms with Crippen LogP contribution >= 0.6 is 27.5 Å². The first-order chi connectivity index (χ1) is 14.1. The number of alkyl halides is 1. The van der Waals surface area contributed by atoms with E-state index in [4.69, 9.17) is 26.1 Å². The molecule has 0 spiro atoms.